The van der Waals surface area contributed by atoms with E-state index in [2.05, 4.69) is 25.6 Å². The van der Waals surface area contributed by atoms with Gasteiger partial charge in [-0.15, -0.1) is 10.2 Å². The van der Waals surface area contributed by atoms with Gasteiger partial charge in [-0.2, -0.15) is 8.78 Å². The lowest BCUT2D eigenvalue weighted by atomic mass is 10.2. The van der Waals surface area contributed by atoms with Gasteiger partial charge in [0.2, 0.25) is 11.0 Å². The number of alkyl halides is 2. The molecule has 2 atom stereocenters. The second kappa shape index (κ2) is 9.99. The van der Waals surface area contributed by atoms with Gasteiger partial charge in [-0.1, -0.05) is 23.1 Å². The van der Waals surface area contributed by atoms with E-state index in [0.29, 0.717) is 21.7 Å². The second-order valence-corrected chi connectivity index (χ2v) is 8.61. The first-order chi connectivity index (χ1) is 13.5. The molecule has 11 heteroatoms. The average molecular weight is 431 g/mol. The lowest BCUT2D eigenvalue weighted by Gasteiger charge is -2.11. The van der Waals surface area contributed by atoms with Gasteiger partial charge >= 0.3 is 6.61 Å². The summed E-state index contributed by atoms with van der Waals surface area (Å²) in [4.78, 5) is 12.3. The minimum absolute atomic E-state index is 0.0346. The van der Waals surface area contributed by atoms with Gasteiger partial charge in [-0.05, 0) is 44.0 Å². The number of rotatable bonds is 9. The van der Waals surface area contributed by atoms with Crippen molar-refractivity contribution in [2.24, 2.45) is 0 Å². The van der Waals surface area contributed by atoms with Crippen LogP contribution in [0.1, 0.15) is 19.8 Å². The van der Waals surface area contributed by atoms with E-state index in [0.717, 1.165) is 19.4 Å². The highest BCUT2D eigenvalue weighted by Gasteiger charge is 2.19. The molecule has 2 heterocycles. The van der Waals surface area contributed by atoms with E-state index in [1.807, 2.05) is 0 Å². The first kappa shape index (κ1) is 20.7. The predicted octanol–water partition coefficient (Wildman–Crippen LogP) is 3.85. The van der Waals surface area contributed by atoms with Crippen LogP contribution in [0.3, 0.4) is 0 Å². The van der Waals surface area contributed by atoms with Crippen LogP contribution in [0.15, 0.2) is 28.6 Å². The number of carbonyl (C=O) groups is 1. The molecule has 0 saturated carbocycles. The Hall–Kier alpha value is -1.98. The first-order valence-corrected chi connectivity index (χ1v) is 10.4. The zero-order chi connectivity index (χ0) is 19.9. The van der Waals surface area contributed by atoms with Gasteiger partial charge in [0.25, 0.3) is 0 Å². The molecule has 152 valence electrons. The van der Waals surface area contributed by atoms with E-state index in [9.17, 15) is 13.6 Å². The summed E-state index contributed by atoms with van der Waals surface area (Å²) in [6, 6.07) is 5.75. The lowest BCUT2D eigenvalue weighted by Crippen LogP contribution is -2.22. The minimum atomic E-state index is -2.88. The molecule has 2 unspecified atom stereocenters. The highest BCUT2D eigenvalue weighted by Crippen LogP contribution is 2.30. The van der Waals surface area contributed by atoms with Crippen molar-refractivity contribution < 1.29 is 23.0 Å². The Morgan fingerprint density at radius 1 is 1.39 bits per heavy atom. The number of halogens is 2. The highest BCUT2D eigenvalue weighted by molar-refractivity contribution is 8.02. The maximum absolute atomic E-state index is 12.3. The number of amides is 1. The lowest BCUT2D eigenvalue weighted by molar-refractivity contribution is -0.115. The zero-order valence-corrected chi connectivity index (χ0v) is 16.7. The Labute approximate surface area is 169 Å². The van der Waals surface area contributed by atoms with Crippen LogP contribution in [0.4, 0.5) is 19.6 Å². The fourth-order valence-electron chi connectivity index (χ4n) is 2.50. The smallest absolute Gasteiger partial charge is 0.387 e. The molecule has 0 radical (unpaired) electrons. The summed E-state index contributed by atoms with van der Waals surface area (Å²) in [5.41, 5.74) is 0.496. The average Bonchev–Trinajstić information content (AvgIpc) is 3.33. The quantitative estimate of drug-likeness (QED) is 0.585. The van der Waals surface area contributed by atoms with Crippen molar-refractivity contribution >= 4 is 39.8 Å². The molecule has 28 heavy (non-hydrogen) atoms. The summed E-state index contributed by atoms with van der Waals surface area (Å²) in [6.45, 7) is 0.377. The third kappa shape index (κ3) is 6.28. The van der Waals surface area contributed by atoms with Crippen LogP contribution in [0, 0.1) is 0 Å². The summed E-state index contributed by atoms with van der Waals surface area (Å²) >= 11 is 2.68. The molecule has 1 aromatic carbocycles. The number of ether oxygens (including phenoxy) is 2. The molecule has 0 bridgehead atoms. The van der Waals surface area contributed by atoms with Crippen LogP contribution >= 0.6 is 23.1 Å². The molecule has 1 aliphatic rings. The predicted molar refractivity (Wildman–Crippen MR) is 104 cm³/mol. The molecule has 0 spiro atoms. The van der Waals surface area contributed by atoms with Crippen LogP contribution in [0.5, 0.6) is 5.75 Å². The third-order valence-electron chi connectivity index (χ3n) is 3.91. The zero-order valence-electron chi connectivity index (χ0n) is 15.1. The molecule has 1 amide bonds. The standard InChI is InChI=1S/C17H20F2N4O3S2/c1-10(14(24)21-11-4-6-12(7-5-11)26-15(18)19)27-17-23-22-16(28-17)20-9-13-3-2-8-25-13/h4-7,10,13,15H,2-3,8-9H2,1H3,(H,20,22)(H,21,24). The highest BCUT2D eigenvalue weighted by atomic mass is 32.2. The van der Waals surface area contributed by atoms with Crippen molar-refractivity contribution in [2.75, 3.05) is 23.8 Å². The van der Waals surface area contributed by atoms with Crippen LogP contribution in [-0.2, 0) is 9.53 Å². The van der Waals surface area contributed by atoms with E-state index in [-0.39, 0.29) is 17.8 Å². The number of benzene rings is 1. The topological polar surface area (TPSA) is 85.4 Å². The number of nitrogens with one attached hydrogen (secondary N) is 2. The normalized spacial score (nSPS) is 17.5. The Bertz CT molecular complexity index is 770. The van der Waals surface area contributed by atoms with Crippen LogP contribution in [-0.4, -0.2) is 47.2 Å². The number of nitrogens with zero attached hydrogens (tertiary/aromatic N) is 2. The fourth-order valence-corrected chi connectivity index (χ4v) is 4.41. The van der Waals surface area contributed by atoms with Crippen molar-refractivity contribution in [3.05, 3.63) is 24.3 Å². The van der Waals surface area contributed by atoms with Gasteiger partial charge in [-0.3, -0.25) is 4.79 Å². The van der Waals surface area contributed by atoms with Crippen LogP contribution in [0.25, 0.3) is 0 Å². The maximum Gasteiger partial charge on any atom is 0.387 e. The summed E-state index contributed by atoms with van der Waals surface area (Å²) in [6.07, 6.45) is 2.33. The molecular weight excluding hydrogens is 410 g/mol. The van der Waals surface area contributed by atoms with Crippen molar-refractivity contribution in [3.63, 3.8) is 0 Å². The Morgan fingerprint density at radius 3 is 2.86 bits per heavy atom. The van der Waals surface area contributed by atoms with Crippen molar-refractivity contribution in [2.45, 2.75) is 42.1 Å². The van der Waals surface area contributed by atoms with Gasteiger partial charge in [0.05, 0.1) is 11.4 Å². The van der Waals surface area contributed by atoms with E-state index in [1.165, 1.54) is 47.4 Å². The summed E-state index contributed by atoms with van der Waals surface area (Å²) in [5.74, 6) is -0.191. The largest absolute Gasteiger partial charge is 0.435 e. The molecule has 3 rings (SSSR count). The first-order valence-electron chi connectivity index (χ1n) is 8.71. The molecule has 1 aromatic heterocycles. The molecule has 1 aliphatic heterocycles. The maximum atomic E-state index is 12.3. The van der Waals surface area contributed by atoms with Crippen molar-refractivity contribution in [3.8, 4) is 5.75 Å². The van der Waals surface area contributed by atoms with E-state index in [4.69, 9.17) is 4.74 Å². The summed E-state index contributed by atoms with van der Waals surface area (Å²) in [5, 5.41) is 14.4. The Morgan fingerprint density at radius 2 is 2.18 bits per heavy atom. The van der Waals surface area contributed by atoms with Gasteiger partial charge in [0.15, 0.2) is 4.34 Å². The van der Waals surface area contributed by atoms with Crippen LogP contribution in [0.2, 0.25) is 0 Å². The molecule has 7 nitrogen and oxygen atoms in total. The Balaban J connectivity index is 1.46. The third-order valence-corrected chi connectivity index (χ3v) is 5.97. The number of hydrogen-bond acceptors (Lipinski definition) is 8. The molecule has 0 aliphatic carbocycles. The van der Waals surface area contributed by atoms with Crippen LogP contribution < -0.4 is 15.4 Å². The van der Waals surface area contributed by atoms with Gasteiger partial charge in [0, 0.05) is 18.8 Å². The monoisotopic (exact) mass is 430 g/mol. The minimum Gasteiger partial charge on any atom is -0.435 e. The van der Waals surface area contributed by atoms with Crippen molar-refractivity contribution in [1.82, 2.24) is 10.2 Å². The number of aromatic nitrogens is 2. The summed E-state index contributed by atoms with van der Waals surface area (Å²) in [7, 11) is 0. The number of carbonyl (C=O) groups excluding carboxylic acids is 1. The van der Waals surface area contributed by atoms with E-state index >= 15 is 0 Å². The molecule has 1 fully saturated rings. The number of hydrogen-bond donors (Lipinski definition) is 2. The van der Waals surface area contributed by atoms with Crippen molar-refractivity contribution in [1.29, 1.82) is 0 Å². The molecule has 2 aromatic rings. The SMILES string of the molecule is CC(Sc1nnc(NCC2CCCO2)s1)C(=O)Nc1ccc(OC(F)F)cc1. The molecule has 2 N–H and O–H groups in total. The van der Waals surface area contributed by atoms with E-state index < -0.39 is 11.9 Å². The van der Waals surface area contributed by atoms with Gasteiger partial charge in [-0.25, -0.2) is 0 Å². The fraction of sp³-hybridized carbons (Fsp3) is 0.471. The van der Waals surface area contributed by atoms with Gasteiger partial charge < -0.3 is 20.1 Å². The molecule has 1 saturated heterocycles. The van der Waals surface area contributed by atoms with Gasteiger partial charge in [0.1, 0.15) is 5.75 Å². The Kier molecular flexibility index (Phi) is 7.40. The number of anilines is 2. The van der Waals surface area contributed by atoms with E-state index in [1.54, 1.807) is 6.92 Å². The number of thioether (sulfide) groups is 1. The molecular formula is C17H20F2N4O3S2. The summed E-state index contributed by atoms with van der Waals surface area (Å²) < 4.78 is 34.8. The second-order valence-electron chi connectivity index (χ2n) is 6.04.